The molecule has 0 aliphatic carbocycles. The lowest BCUT2D eigenvalue weighted by atomic mass is 9.99. The fourth-order valence-corrected chi connectivity index (χ4v) is 3.67. The first-order valence-corrected chi connectivity index (χ1v) is 8.71. The summed E-state index contributed by atoms with van der Waals surface area (Å²) < 4.78 is 1.90. The van der Waals surface area contributed by atoms with E-state index in [0.717, 1.165) is 46.7 Å². The molecule has 0 radical (unpaired) electrons. The second kappa shape index (κ2) is 6.15. The van der Waals surface area contributed by atoms with Crippen LogP contribution in [0.15, 0.2) is 30.6 Å². The predicted molar refractivity (Wildman–Crippen MR) is 94.3 cm³/mol. The summed E-state index contributed by atoms with van der Waals surface area (Å²) >= 11 is 1.66. The van der Waals surface area contributed by atoms with E-state index in [0.29, 0.717) is 5.92 Å². The van der Waals surface area contributed by atoms with Gasteiger partial charge in [-0.1, -0.05) is 18.1 Å². The maximum Gasteiger partial charge on any atom is 0.167 e. The van der Waals surface area contributed by atoms with E-state index in [1.165, 1.54) is 5.56 Å². The molecule has 0 spiro atoms. The van der Waals surface area contributed by atoms with E-state index in [1.54, 1.807) is 11.3 Å². The number of hydrogen-bond donors (Lipinski definition) is 1. The Morgan fingerprint density at radius 2 is 2.13 bits per heavy atom. The van der Waals surface area contributed by atoms with Gasteiger partial charge in [-0.15, -0.1) is 11.3 Å². The average molecular weight is 322 g/mol. The molecule has 0 bridgehead atoms. The minimum atomic E-state index is 0.509. The molecule has 23 heavy (non-hydrogen) atoms. The van der Waals surface area contributed by atoms with Gasteiger partial charge in [0.1, 0.15) is 0 Å². The number of thiazole rings is 1. The highest BCUT2D eigenvalue weighted by Gasteiger charge is 2.10. The summed E-state index contributed by atoms with van der Waals surface area (Å²) in [5.74, 6) is 7.15. The number of piperidine rings is 1. The molecule has 116 valence electrons. The Morgan fingerprint density at radius 1 is 1.26 bits per heavy atom. The Kier molecular flexibility index (Phi) is 3.86. The topological polar surface area (TPSA) is 42.7 Å². The normalized spacial score (nSPS) is 15.5. The number of hydrogen-bond acceptors (Lipinski definition) is 4. The van der Waals surface area contributed by atoms with Gasteiger partial charge in [0.15, 0.2) is 5.01 Å². The van der Waals surface area contributed by atoms with E-state index in [4.69, 9.17) is 0 Å². The largest absolute Gasteiger partial charge is 0.317 e. The highest BCUT2D eigenvalue weighted by Crippen LogP contribution is 2.28. The van der Waals surface area contributed by atoms with Gasteiger partial charge in [0.25, 0.3) is 0 Å². The first-order valence-electron chi connectivity index (χ1n) is 7.90. The van der Waals surface area contributed by atoms with Crippen molar-refractivity contribution < 1.29 is 0 Å². The van der Waals surface area contributed by atoms with Gasteiger partial charge in [0.2, 0.25) is 0 Å². The number of aromatic nitrogens is 3. The lowest BCUT2D eigenvalue weighted by Gasteiger charge is -2.16. The second-order valence-corrected chi connectivity index (χ2v) is 6.90. The van der Waals surface area contributed by atoms with Crippen molar-refractivity contribution >= 4 is 22.2 Å². The highest BCUT2D eigenvalue weighted by atomic mass is 32.1. The van der Waals surface area contributed by atoms with Crippen molar-refractivity contribution in [1.29, 1.82) is 0 Å². The monoisotopic (exact) mass is 322 g/mol. The zero-order valence-electron chi connectivity index (χ0n) is 13.0. The molecule has 1 saturated heterocycles. The summed E-state index contributed by atoms with van der Waals surface area (Å²) in [5.41, 5.74) is 2.31. The number of nitrogens with zero attached hydrogens (tertiary/aromatic N) is 3. The minimum Gasteiger partial charge on any atom is -0.317 e. The van der Waals surface area contributed by atoms with Gasteiger partial charge >= 0.3 is 0 Å². The van der Waals surface area contributed by atoms with Crippen molar-refractivity contribution in [3.05, 3.63) is 35.6 Å². The van der Waals surface area contributed by atoms with Crippen LogP contribution in [0.1, 0.15) is 17.8 Å². The van der Waals surface area contributed by atoms with Crippen LogP contribution in [0.4, 0.5) is 0 Å². The van der Waals surface area contributed by atoms with Gasteiger partial charge in [-0.2, -0.15) is 5.10 Å². The van der Waals surface area contributed by atoms with E-state index < -0.39 is 0 Å². The van der Waals surface area contributed by atoms with Crippen LogP contribution >= 0.6 is 11.3 Å². The third kappa shape index (κ3) is 3.00. The summed E-state index contributed by atoms with van der Waals surface area (Å²) in [6, 6.07) is 6.40. The zero-order chi connectivity index (χ0) is 15.6. The van der Waals surface area contributed by atoms with Crippen LogP contribution in [-0.2, 0) is 7.05 Å². The molecule has 3 aromatic rings. The summed E-state index contributed by atoms with van der Waals surface area (Å²) in [7, 11) is 1.97. The molecule has 1 aliphatic rings. The molecule has 0 atom stereocenters. The average Bonchev–Trinajstić information content (AvgIpc) is 3.21. The van der Waals surface area contributed by atoms with Crippen molar-refractivity contribution in [1.82, 2.24) is 20.1 Å². The van der Waals surface area contributed by atoms with Crippen LogP contribution in [-0.4, -0.2) is 27.9 Å². The Labute approximate surface area is 139 Å². The van der Waals surface area contributed by atoms with Gasteiger partial charge < -0.3 is 5.32 Å². The molecule has 2 aromatic heterocycles. The maximum atomic E-state index is 4.47. The number of rotatable bonds is 1. The summed E-state index contributed by atoms with van der Waals surface area (Å²) in [6.07, 6.45) is 6.10. The lowest BCUT2D eigenvalue weighted by Crippen LogP contribution is -2.26. The fraction of sp³-hybridized carbons (Fsp3) is 0.333. The van der Waals surface area contributed by atoms with Crippen LogP contribution < -0.4 is 5.32 Å². The molecule has 0 amide bonds. The molecule has 0 saturated carbocycles. The van der Waals surface area contributed by atoms with E-state index in [-0.39, 0.29) is 0 Å². The van der Waals surface area contributed by atoms with Crippen LogP contribution in [0.25, 0.3) is 21.3 Å². The van der Waals surface area contributed by atoms with E-state index >= 15 is 0 Å². The molecule has 3 heterocycles. The van der Waals surface area contributed by atoms with Crippen molar-refractivity contribution in [2.45, 2.75) is 12.8 Å². The highest BCUT2D eigenvalue weighted by molar-refractivity contribution is 7.15. The first kappa shape index (κ1) is 14.4. The van der Waals surface area contributed by atoms with Gasteiger partial charge in [-0.25, -0.2) is 4.98 Å². The molecule has 0 unspecified atom stereocenters. The van der Waals surface area contributed by atoms with E-state index in [9.17, 15) is 0 Å². The van der Waals surface area contributed by atoms with Crippen molar-refractivity contribution in [3.8, 4) is 22.3 Å². The molecule has 5 heteroatoms. The Hall–Kier alpha value is -2.16. The lowest BCUT2D eigenvalue weighted by molar-refractivity contribution is 0.447. The van der Waals surface area contributed by atoms with E-state index in [2.05, 4.69) is 45.4 Å². The maximum absolute atomic E-state index is 4.47. The Morgan fingerprint density at radius 3 is 3.00 bits per heavy atom. The summed E-state index contributed by atoms with van der Waals surface area (Å²) in [5, 5.41) is 9.73. The summed E-state index contributed by atoms with van der Waals surface area (Å²) in [6.45, 7) is 2.15. The second-order valence-electron chi connectivity index (χ2n) is 5.87. The van der Waals surface area contributed by atoms with Crippen molar-refractivity contribution in [2.75, 3.05) is 13.1 Å². The molecular weight excluding hydrogens is 304 g/mol. The number of benzene rings is 1. The molecule has 1 aromatic carbocycles. The summed E-state index contributed by atoms with van der Waals surface area (Å²) in [4.78, 5) is 5.63. The number of nitrogens with one attached hydrogen (secondary N) is 1. The molecule has 1 fully saturated rings. The molecule has 4 rings (SSSR count). The smallest absolute Gasteiger partial charge is 0.167 e. The standard InChI is InChI=1S/C18H18N4S/c1-22-16-10-14(3-4-15(16)11-21-22)17-12-20-18(23-17)5-2-13-6-8-19-9-7-13/h3-4,10-13,19H,6-9H2,1H3. The first-order chi connectivity index (χ1) is 11.3. The van der Waals surface area contributed by atoms with Crippen molar-refractivity contribution in [2.24, 2.45) is 13.0 Å². The van der Waals surface area contributed by atoms with Gasteiger partial charge in [-0.05, 0) is 43.5 Å². The Bertz CT molecular complexity index is 891. The quantitative estimate of drug-likeness (QED) is 0.700. The van der Waals surface area contributed by atoms with Crippen LogP contribution in [0, 0.1) is 17.8 Å². The Balaban J connectivity index is 1.59. The zero-order valence-corrected chi connectivity index (χ0v) is 13.9. The number of aryl methyl sites for hydroxylation is 1. The molecular formula is C18H18N4S. The molecule has 1 N–H and O–H groups in total. The van der Waals surface area contributed by atoms with Gasteiger partial charge in [0, 0.05) is 24.5 Å². The van der Waals surface area contributed by atoms with Crippen LogP contribution in [0.3, 0.4) is 0 Å². The van der Waals surface area contributed by atoms with Gasteiger partial charge in [0.05, 0.1) is 16.6 Å². The van der Waals surface area contributed by atoms with Crippen molar-refractivity contribution in [3.63, 3.8) is 0 Å². The minimum absolute atomic E-state index is 0.509. The van der Waals surface area contributed by atoms with E-state index in [1.807, 2.05) is 24.1 Å². The van der Waals surface area contributed by atoms with Crippen LogP contribution in [0.5, 0.6) is 0 Å². The van der Waals surface area contributed by atoms with Crippen LogP contribution in [0.2, 0.25) is 0 Å². The predicted octanol–water partition coefficient (Wildman–Crippen LogP) is 3.05. The SMILES string of the molecule is Cn1ncc2ccc(-c3cnc(C#CC4CCNCC4)s3)cc21. The third-order valence-electron chi connectivity index (χ3n) is 4.26. The van der Waals surface area contributed by atoms with Gasteiger partial charge in [-0.3, -0.25) is 4.68 Å². The number of fused-ring (bicyclic) bond motifs is 1. The molecule has 1 aliphatic heterocycles. The molecule has 4 nitrogen and oxygen atoms in total. The third-order valence-corrected chi connectivity index (χ3v) is 5.22. The fourth-order valence-electron chi connectivity index (χ4n) is 2.89.